The van der Waals surface area contributed by atoms with Crippen molar-refractivity contribution in [2.75, 3.05) is 7.11 Å². The minimum absolute atomic E-state index is 0.488. The zero-order valence-electron chi connectivity index (χ0n) is 11.3. The van der Waals surface area contributed by atoms with Crippen LogP contribution >= 0.6 is 0 Å². The molecule has 0 saturated carbocycles. The van der Waals surface area contributed by atoms with E-state index in [9.17, 15) is 0 Å². The van der Waals surface area contributed by atoms with E-state index >= 15 is 0 Å². The second-order valence-electron chi connectivity index (χ2n) is 4.46. The van der Waals surface area contributed by atoms with Gasteiger partial charge in [0.05, 0.1) is 7.11 Å². The molecule has 3 aromatic rings. The van der Waals surface area contributed by atoms with E-state index in [-0.39, 0.29) is 0 Å². The van der Waals surface area contributed by atoms with Crippen LogP contribution in [0.3, 0.4) is 0 Å². The Morgan fingerprint density at radius 1 is 0.950 bits per heavy atom. The maximum atomic E-state index is 5.76. The lowest BCUT2D eigenvalue weighted by atomic mass is 10.1. The van der Waals surface area contributed by atoms with E-state index < -0.39 is 0 Å². The number of aryl methyl sites for hydroxylation is 1. The van der Waals surface area contributed by atoms with Gasteiger partial charge in [0.2, 0.25) is 11.8 Å². The minimum atomic E-state index is 0.488. The summed E-state index contributed by atoms with van der Waals surface area (Å²) < 4.78 is 11.0. The molecule has 0 amide bonds. The molecule has 0 fully saturated rings. The number of hydrogen-bond acceptors (Lipinski definition) is 4. The minimum Gasteiger partial charge on any atom is -0.497 e. The highest BCUT2D eigenvalue weighted by Gasteiger charge is 2.12. The lowest BCUT2D eigenvalue weighted by Crippen LogP contribution is -1.83. The summed E-state index contributed by atoms with van der Waals surface area (Å²) in [5.74, 6) is 1.78. The van der Waals surface area contributed by atoms with Crippen LogP contribution in [0.15, 0.2) is 52.9 Å². The third-order valence-electron chi connectivity index (χ3n) is 3.12. The summed E-state index contributed by atoms with van der Waals surface area (Å²) in [6.45, 7) is 2.02. The molecule has 4 heteroatoms. The van der Waals surface area contributed by atoms with Crippen LogP contribution < -0.4 is 4.74 Å². The molecule has 0 aliphatic carbocycles. The van der Waals surface area contributed by atoms with Crippen LogP contribution in [0.1, 0.15) is 5.56 Å². The Kier molecular flexibility index (Phi) is 3.21. The fourth-order valence-corrected chi connectivity index (χ4v) is 2.02. The summed E-state index contributed by atoms with van der Waals surface area (Å²) in [7, 11) is 1.63. The molecule has 3 rings (SSSR count). The van der Waals surface area contributed by atoms with Gasteiger partial charge < -0.3 is 9.15 Å². The zero-order valence-corrected chi connectivity index (χ0v) is 11.3. The first-order valence-corrected chi connectivity index (χ1v) is 6.32. The van der Waals surface area contributed by atoms with Gasteiger partial charge in [0.1, 0.15) is 5.75 Å². The van der Waals surface area contributed by atoms with Gasteiger partial charge in [-0.3, -0.25) is 0 Å². The number of aromatic nitrogens is 2. The molecular formula is C16H14N2O2. The number of benzene rings is 2. The maximum Gasteiger partial charge on any atom is 0.248 e. The van der Waals surface area contributed by atoms with Crippen LogP contribution in [0.5, 0.6) is 5.75 Å². The normalized spacial score (nSPS) is 10.5. The van der Waals surface area contributed by atoms with Crippen molar-refractivity contribution in [3.05, 3.63) is 54.1 Å². The average Bonchev–Trinajstić information content (AvgIpc) is 2.97. The summed E-state index contributed by atoms with van der Waals surface area (Å²) in [4.78, 5) is 0. The number of nitrogens with zero attached hydrogens (tertiary/aromatic N) is 2. The van der Waals surface area contributed by atoms with Crippen molar-refractivity contribution in [2.45, 2.75) is 6.92 Å². The van der Waals surface area contributed by atoms with Gasteiger partial charge in [-0.2, -0.15) is 0 Å². The van der Waals surface area contributed by atoms with Gasteiger partial charge in [-0.05, 0) is 36.8 Å². The van der Waals surface area contributed by atoms with Crippen molar-refractivity contribution in [1.82, 2.24) is 10.2 Å². The van der Waals surface area contributed by atoms with Gasteiger partial charge in [0, 0.05) is 11.1 Å². The standard InChI is InChI=1S/C16H14N2O2/c1-11-6-3-4-9-14(11)16-18-17-15(20-16)12-7-5-8-13(10-12)19-2/h3-10H,1-2H3. The zero-order chi connectivity index (χ0) is 13.9. The van der Waals surface area contributed by atoms with Crippen molar-refractivity contribution in [2.24, 2.45) is 0 Å². The Labute approximate surface area is 117 Å². The van der Waals surface area contributed by atoms with Crippen molar-refractivity contribution in [3.8, 4) is 28.7 Å². The van der Waals surface area contributed by atoms with Gasteiger partial charge in [0.15, 0.2) is 0 Å². The molecule has 1 aromatic heterocycles. The monoisotopic (exact) mass is 266 g/mol. The largest absolute Gasteiger partial charge is 0.497 e. The first kappa shape index (κ1) is 12.4. The predicted octanol–water partition coefficient (Wildman–Crippen LogP) is 3.72. The highest BCUT2D eigenvalue weighted by molar-refractivity contribution is 5.61. The van der Waals surface area contributed by atoms with E-state index in [1.807, 2.05) is 55.5 Å². The molecule has 0 saturated heterocycles. The Morgan fingerprint density at radius 2 is 1.75 bits per heavy atom. The molecule has 0 radical (unpaired) electrons. The first-order valence-electron chi connectivity index (χ1n) is 6.32. The van der Waals surface area contributed by atoms with Crippen LogP contribution in [0.2, 0.25) is 0 Å². The fraction of sp³-hybridized carbons (Fsp3) is 0.125. The van der Waals surface area contributed by atoms with Crippen molar-refractivity contribution in [3.63, 3.8) is 0 Å². The van der Waals surface area contributed by atoms with E-state index in [0.29, 0.717) is 11.8 Å². The van der Waals surface area contributed by atoms with Gasteiger partial charge in [-0.25, -0.2) is 0 Å². The van der Waals surface area contributed by atoms with Crippen molar-refractivity contribution >= 4 is 0 Å². The van der Waals surface area contributed by atoms with Gasteiger partial charge >= 0.3 is 0 Å². The van der Waals surface area contributed by atoms with Crippen LogP contribution in [0.25, 0.3) is 22.9 Å². The van der Waals surface area contributed by atoms with E-state index in [4.69, 9.17) is 9.15 Å². The highest BCUT2D eigenvalue weighted by atomic mass is 16.5. The SMILES string of the molecule is COc1cccc(-c2nnc(-c3ccccc3C)o2)c1. The second-order valence-corrected chi connectivity index (χ2v) is 4.46. The Balaban J connectivity index is 2.00. The lowest BCUT2D eigenvalue weighted by Gasteiger charge is -2.01. The molecule has 0 unspecified atom stereocenters. The topological polar surface area (TPSA) is 48.2 Å². The average molecular weight is 266 g/mol. The van der Waals surface area contributed by atoms with E-state index in [1.54, 1.807) is 7.11 Å². The first-order chi connectivity index (χ1) is 9.78. The van der Waals surface area contributed by atoms with E-state index in [0.717, 1.165) is 22.4 Å². The molecule has 0 atom stereocenters. The van der Waals surface area contributed by atoms with Gasteiger partial charge in [-0.1, -0.05) is 24.3 Å². The van der Waals surface area contributed by atoms with Gasteiger partial charge in [0.25, 0.3) is 0 Å². The smallest absolute Gasteiger partial charge is 0.248 e. The summed E-state index contributed by atoms with van der Waals surface area (Å²) in [5.41, 5.74) is 2.90. The third kappa shape index (κ3) is 2.28. The highest BCUT2D eigenvalue weighted by Crippen LogP contribution is 2.27. The number of rotatable bonds is 3. The van der Waals surface area contributed by atoms with Crippen LogP contribution in [0, 0.1) is 6.92 Å². The van der Waals surface area contributed by atoms with Crippen LogP contribution in [0.4, 0.5) is 0 Å². The molecule has 0 aliphatic rings. The van der Waals surface area contributed by atoms with E-state index in [2.05, 4.69) is 10.2 Å². The van der Waals surface area contributed by atoms with Crippen LogP contribution in [-0.2, 0) is 0 Å². The Bertz CT molecular complexity index is 735. The summed E-state index contributed by atoms with van der Waals surface area (Å²) >= 11 is 0. The quantitative estimate of drug-likeness (QED) is 0.725. The van der Waals surface area contributed by atoms with Gasteiger partial charge in [-0.15, -0.1) is 10.2 Å². The molecular weight excluding hydrogens is 252 g/mol. The third-order valence-corrected chi connectivity index (χ3v) is 3.12. The number of methoxy groups -OCH3 is 1. The van der Waals surface area contributed by atoms with E-state index in [1.165, 1.54) is 0 Å². The molecule has 0 N–H and O–H groups in total. The molecule has 4 nitrogen and oxygen atoms in total. The van der Waals surface area contributed by atoms with Crippen LogP contribution in [-0.4, -0.2) is 17.3 Å². The number of ether oxygens (including phenoxy) is 1. The number of hydrogen-bond donors (Lipinski definition) is 0. The Hall–Kier alpha value is -2.62. The molecule has 0 aliphatic heterocycles. The second kappa shape index (κ2) is 5.17. The fourth-order valence-electron chi connectivity index (χ4n) is 2.02. The molecule has 0 bridgehead atoms. The van der Waals surface area contributed by atoms with Crippen molar-refractivity contribution < 1.29 is 9.15 Å². The predicted molar refractivity (Wildman–Crippen MR) is 76.5 cm³/mol. The summed E-state index contributed by atoms with van der Waals surface area (Å²) in [6.07, 6.45) is 0. The molecule has 100 valence electrons. The maximum absolute atomic E-state index is 5.76. The Morgan fingerprint density at radius 3 is 2.55 bits per heavy atom. The molecule has 2 aromatic carbocycles. The summed E-state index contributed by atoms with van der Waals surface area (Å²) in [5, 5.41) is 8.23. The lowest BCUT2D eigenvalue weighted by molar-refractivity contribution is 0.415. The van der Waals surface area contributed by atoms with Crippen molar-refractivity contribution in [1.29, 1.82) is 0 Å². The molecule has 1 heterocycles. The molecule has 20 heavy (non-hydrogen) atoms. The molecule has 0 spiro atoms. The summed E-state index contributed by atoms with van der Waals surface area (Å²) in [6, 6.07) is 15.5.